The van der Waals surface area contributed by atoms with Gasteiger partial charge in [0.1, 0.15) is 0 Å². The number of carbonyl (C=O) groups excluding carboxylic acids is 1. The third kappa shape index (κ3) is 1.38. The lowest BCUT2D eigenvalue weighted by Crippen LogP contribution is -1.93. The van der Waals surface area contributed by atoms with Crippen LogP contribution in [-0.2, 0) is 0 Å². The SMILES string of the molecule is O=C1N=Cc2ccc3c(-c4ccccc4)c[nH]c3c21. The highest BCUT2D eigenvalue weighted by atomic mass is 16.1. The predicted octanol–water partition coefficient (Wildman–Crippen LogP) is 3.41. The van der Waals surface area contributed by atoms with E-state index in [2.05, 4.69) is 22.1 Å². The maximum absolute atomic E-state index is 11.8. The molecular weight excluding hydrogens is 236 g/mol. The minimum absolute atomic E-state index is 0.165. The lowest BCUT2D eigenvalue weighted by molar-refractivity contribution is 0.101. The van der Waals surface area contributed by atoms with Gasteiger partial charge in [-0.2, -0.15) is 0 Å². The highest BCUT2D eigenvalue weighted by molar-refractivity contribution is 6.20. The molecule has 1 aromatic heterocycles. The molecule has 1 N–H and O–H groups in total. The first-order valence-electron chi connectivity index (χ1n) is 6.12. The second-order valence-electron chi connectivity index (χ2n) is 4.58. The highest BCUT2D eigenvalue weighted by Gasteiger charge is 2.20. The number of aliphatic imine (C=N–C) groups is 1. The summed E-state index contributed by atoms with van der Waals surface area (Å²) in [5, 5.41) is 1.06. The number of aromatic amines is 1. The average molecular weight is 246 g/mol. The zero-order chi connectivity index (χ0) is 12.8. The number of rotatable bonds is 1. The summed E-state index contributed by atoms with van der Waals surface area (Å²) in [7, 11) is 0. The predicted molar refractivity (Wildman–Crippen MR) is 75.7 cm³/mol. The Morgan fingerprint density at radius 2 is 1.84 bits per heavy atom. The Bertz CT molecular complexity index is 829. The zero-order valence-electron chi connectivity index (χ0n) is 10.1. The first-order valence-corrected chi connectivity index (χ1v) is 6.12. The van der Waals surface area contributed by atoms with Gasteiger partial charge in [-0.15, -0.1) is 0 Å². The summed E-state index contributed by atoms with van der Waals surface area (Å²) in [5.74, 6) is -0.165. The Morgan fingerprint density at radius 3 is 2.68 bits per heavy atom. The van der Waals surface area contributed by atoms with Crippen LogP contribution in [0.15, 0.2) is 53.7 Å². The molecule has 3 nitrogen and oxygen atoms in total. The fourth-order valence-electron chi connectivity index (χ4n) is 2.60. The Kier molecular flexibility index (Phi) is 1.97. The van der Waals surface area contributed by atoms with E-state index in [4.69, 9.17) is 0 Å². The van der Waals surface area contributed by atoms with Crippen molar-refractivity contribution in [3.8, 4) is 11.1 Å². The van der Waals surface area contributed by atoms with Gasteiger partial charge in [-0.3, -0.25) is 4.79 Å². The maximum atomic E-state index is 11.8. The zero-order valence-corrected chi connectivity index (χ0v) is 10.1. The van der Waals surface area contributed by atoms with E-state index in [1.54, 1.807) is 6.21 Å². The van der Waals surface area contributed by atoms with Gasteiger partial charge in [-0.1, -0.05) is 42.5 Å². The quantitative estimate of drug-likeness (QED) is 0.702. The van der Waals surface area contributed by atoms with Gasteiger partial charge < -0.3 is 4.98 Å². The van der Waals surface area contributed by atoms with Crippen molar-refractivity contribution in [2.75, 3.05) is 0 Å². The largest absolute Gasteiger partial charge is 0.360 e. The number of nitrogens with zero attached hydrogens (tertiary/aromatic N) is 1. The van der Waals surface area contributed by atoms with Crippen LogP contribution in [0.4, 0.5) is 0 Å². The van der Waals surface area contributed by atoms with E-state index in [-0.39, 0.29) is 5.91 Å². The van der Waals surface area contributed by atoms with Gasteiger partial charge in [0.05, 0.1) is 11.1 Å². The summed E-state index contributed by atoms with van der Waals surface area (Å²) >= 11 is 0. The van der Waals surface area contributed by atoms with Crippen molar-refractivity contribution in [1.29, 1.82) is 0 Å². The van der Waals surface area contributed by atoms with Crippen LogP contribution >= 0.6 is 0 Å². The number of fused-ring (bicyclic) bond motifs is 3. The minimum Gasteiger partial charge on any atom is -0.360 e. The summed E-state index contributed by atoms with van der Waals surface area (Å²) in [6.45, 7) is 0. The Hall–Kier alpha value is -2.68. The van der Waals surface area contributed by atoms with E-state index in [1.165, 1.54) is 0 Å². The van der Waals surface area contributed by atoms with Crippen LogP contribution < -0.4 is 0 Å². The molecule has 3 heteroatoms. The van der Waals surface area contributed by atoms with Crippen LogP contribution in [0.1, 0.15) is 15.9 Å². The maximum Gasteiger partial charge on any atom is 0.279 e. The van der Waals surface area contributed by atoms with Gasteiger partial charge in [0.2, 0.25) is 0 Å². The standard InChI is InChI=1S/C16H10N2O/c19-16-14-11(8-18-16)6-7-12-13(9-17-15(12)14)10-4-2-1-3-5-10/h1-9,17H. The molecule has 3 aromatic rings. The second-order valence-corrected chi connectivity index (χ2v) is 4.58. The number of benzene rings is 2. The molecule has 0 spiro atoms. The smallest absolute Gasteiger partial charge is 0.279 e. The number of hydrogen-bond acceptors (Lipinski definition) is 1. The van der Waals surface area contributed by atoms with Gasteiger partial charge in [-0.25, -0.2) is 4.99 Å². The molecule has 2 heterocycles. The molecule has 0 saturated heterocycles. The first-order chi connectivity index (χ1) is 9.34. The van der Waals surface area contributed by atoms with E-state index in [1.807, 2.05) is 36.5 Å². The van der Waals surface area contributed by atoms with Crippen LogP contribution in [0.25, 0.3) is 22.0 Å². The lowest BCUT2D eigenvalue weighted by Gasteiger charge is -2.01. The minimum atomic E-state index is -0.165. The molecule has 0 fully saturated rings. The summed E-state index contributed by atoms with van der Waals surface area (Å²) in [6.07, 6.45) is 3.58. The Balaban J connectivity index is 2.03. The van der Waals surface area contributed by atoms with E-state index >= 15 is 0 Å². The molecular formula is C16H10N2O. The third-order valence-electron chi connectivity index (χ3n) is 3.51. The van der Waals surface area contributed by atoms with E-state index < -0.39 is 0 Å². The monoisotopic (exact) mass is 246 g/mol. The first kappa shape index (κ1) is 10.3. The topological polar surface area (TPSA) is 45.2 Å². The second kappa shape index (κ2) is 3.65. The highest BCUT2D eigenvalue weighted by Crippen LogP contribution is 2.32. The summed E-state index contributed by atoms with van der Waals surface area (Å²) in [5.41, 5.74) is 4.69. The van der Waals surface area contributed by atoms with E-state index in [9.17, 15) is 4.79 Å². The van der Waals surface area contributed by atoms with E-state index in [0.717, 1.165) is 27.6 Å². The Morgan fingerprint density at radius 1 is 1.00 bits per heavy atom. The van der Waals surface area contributed by atoms with Crippen molar-refractivity contribution in [1.82, 2.24) is 4.98 Å². The molecule has 4 rings (SSSR count). The van der Waals surface area contributed by atoms with Crippen molar-refractivity contribution in [2.45, 2.75) is 0 Å². The lowest BCUT2D eigenvalue weighted by atomic mass is 10.0. The third-order valence-corrected chi connectivity index (χ3v) is 3.51. The van der Waals surface area contributed by atoms with Crippen molar-refractivity contribution in [3.05, 3.63) is 59.8 Å². The van der Waals surface area contributed by atoms with Crippen LogP contribution in [0.5, 0.6) is 0 Å². The number of H-pyrrole nitrogens is 1. The fourth-order valence-corrected chi connectivity index (χ4v) is 2.60. The molecule has 1 aliphatic rings. The van der Waals surface area contributed by atoms with Crippen LogP contribution in [0, 0.1) is 0 Å². The van der Waals surface area contributed by atoms with Gasteiger partial charge >= 0.3 is 0 Å². The molecule has 0 atom stereocenters. The van der Waals surface area contributed by atoms with Crippen molar-refractivity contribution >= 4 is 23.0 Å². The molecule has 0 saturated carbocycles. The molecule has 19 heavy (non-hydrogen) atoms. The summed E-state index contributed by atoms with van der Waals surface area (Å²) in [6, 6.07) is 14.1. The van der Waals surface area contributed by atoms with Gasteiger partial charge in [0.25, 0.3) is 5.91 Å². The van der Waals surface area contributed by atoms with Gasteiger partial charge in [-0.05, 0) is 5.56 Å². The van der Waals surface area contributed by atoms with Crippen molar-refractivity contribution in [2.24, 2.45) is 4.99 Å². The van der Waals surface area contributed by atoms with Crippen molar-refractivity contribution < 1.29 is 4.79 Å². The van der Waals surface area contributed by atoms with Crippen LogP contribution in [0.3, 0.4) is 0 Å². The molecule has 0 bridgehead atoms. The molecule has 1 aliphatic heterocycles. The normalized spacial score (nSPS) is 13.2. The van der Waals surface area contributed by atoms with Gasteiger partial charge in [0, 0.05) is 28.9 Å². The van der Waals surface area contributed by atoms with Crippen molar-refractivity contribution in [3.63, 3.8) is 0 Å². The fraction of sp³-hybridized carbons (Fsp3) is 0. The Labute approximate surface area is 109 Å². The summed E-state index contributed by atoms with van der Waals surface area (Å²) in [4.78, 5) is 18.9. The number of amides is 1. The van der Waals surface area contributed by atoms with Crippen LogP contribution in [0.2, 0.25) is 0 Å². The van der Waals surface area contributed by atoms with Gasteiger partial charge in [0.15, 0.2) is 0 Å². The van der Waals surface area contributed by atoms with E-state index in [0.29, 0.717) is 5.56 Å². The average Bonchev–Trinajstić information content (AvgIpc) is 3.03. The number of carbonyl (C=O) groups is 1. The number of hydrogen-bond donors (Lipinski definition) is 1. The molecule has 1 amide bonds. The molecule has 2 aromatic carbocycles. The molecule has 0 aliphatic carbocycles. The number of nitrogens with one attached hydrogen (secondary N) is 1. The molecule has 90 valence electrons. The molecule has 0 radical (unpaired) electrons. The summed E-state index contributed by atoms with van der Waals surface area (Å²) < 4.78 is 0. The molecule has 0 unspecified atom stereocenters. The number of aromatic nitrogens is 1. The van der Waals surface area contributed by atoms with Crippen LogP contribution in [-0.4, -0.2) is 17.1 Å².